The zero-order valence-corrected chi connectivity index (χ0v) is 12.5. The molecular formula is C16H26N2O2. The maximum Gasteiger partial charge on any atom is 0.220 e. The second kappa shape index (κ2) is 8.02. The molecule has 0 aliphatic heterocycles. The van der Waals surface area contributed by atoms with Gasteiger partial charge in [-0.2, -0.15) is 0 Å². The third-order valence-electron chi connectivity index (χ3n) is 3.16. The first kappa shape index (κ1) is 16.7. The van der Waals surface area contributed by atoms with E-state index in [0.29, 0.717) is 19.5 Å². The van der Waals surface area contributed by atoms with Crippen LogP contribution >= 0.6 is 0 Å². The second-order valence-electron chi connectivity index (χ2n) is 5.82. The predicted octanol–water partition coefficient (Wildman–Crippen LogP) is 2.09. The Kier molecular flexibility index (Phi) is 6.68. The molecule has 0 aliphatic rings. The summed E-state index contributed by atoms with van der Waals surface area (Å²) >= 11 is 0. The van der Waals surface area contributed by atoms with Gasteiger partial charge in [0.2, 0.25) is 5.91 Å². The summed E-state index contributed by atoms with van der Waals surface area (Å²) in [4.78, 5) is 11.7. The maximum atomic E-state index is 11.7. The molecule has 1 aromatic rings. The summed E-state index contributed by atoms with van der Waals surface area (Å²) in [6.07, 6.45) is 2.89. The van der Waals surface area contributed by atoms with Gasteiger partial charge in [0.25, 0.3) is 0 Å². The lowest BCUT2D eigenvalue weighted by molar-refractivity contribution is -0.121. The number of carbonyl (C=O) groups is 1. The molecular weight excluding hydrogens is 252 g/mol. The minimum Gasteiger partial charge on any atom is -0.390 e. The third kappa shape index (κ3) is 7.26. The molecule has 1 rings (SSSR count). The van der Waals surface area contributed by atoms with Gasteiger partial charge in [0.1, 0.15) is 0 Å². The standard InChI is InChI=1S/C16H26N2O2/c1-16(2,20)9-4-3-8-15(19)18-12-14-7-5-6-13(10-14)11-17/h5-7,10,20H,3-4,8-9,11-12,17H2,1-2H3,(H,18,19). The number of carbonyl (C=O) groups excluding carboxylic acids is 1. The smallest absolute Gasteiger partial charge is 0.220 e. The average molecular weight is 278 g/mol. The normalized spacial score (nSPS) is 11.4. The van der Waals surface area contributed by atoms with Crippen molar-refractivity contribution in [1.29, 1.82) is 0 Å². The molecule has 0 unspecified atom stereocenters. The third-order valence-corrected chi connectivity index (χ3v) is 3.16. The molecule has 0 aliphatic carbocycles. The molecule has 0 atom stereocenters. The molecule has 0 spiro atoms. The van der Waals surface area contributed by atoms with Gasteiger partial charge in [-0.05, 0) is 37.8 Å². The average Bonchev–Trinajstić information content (AvgIpc) is 2.40. The molecule has 0 heterocycles. The molecule has 0 bridgehead atoms. The lowest BCUT2D eigenvalue weighted by Crippen LogP contribution is -2.23. The van der Waals surface area contributed by atoms with E-state index in [1.54, 1.807) is 13.8 Å². The molecule has 1 aromatic carbocycles. The maximum absolute atomic E-state index is 11.7. The van der Waals surface area contributed by atoms with Crippen molar-refractivity contribution in [2.24, 2.45) is 5.73 Å². The fraction of sp³-hybridized carbons (Fsp3) is 0.562. The molecule has 4 nitrogen and oxygen atoms in total. The van der Waals surface area contributed by atoms with E-state index in [9.17, 15) is 9.90 Å². The van der Waals surface area contributed by atoms with E-state index in [-0.39, 0.29) is 5.91 Å². The van der Waals surface area contributed by atoms with Gasteiger partial charge in [-0.25, -0.2) is 0 Å². The van der Waals surface area contributed by atoms with Crippen LogP contribution in [0.25, 0.3) is 0 Å². The van der Waals surface area contributed by atoms with Gasteiger partial charge in [-0.1, -0.05) is 30.7 Å². The highest BCUT2D eigenvalue weighted by Gasteiger charge is 2.11. The zero-order chi connectivity index (χ0) is 15.0. The summed E-state index contributed by atoms with van der Waals surface area (Å²) in [7, 11) is 0. The minimum absolute atomic E-state index is 0.0545. The van der Waals surface area contributed by atoms with Crippen molar-refractivity contribution in [2.45, 2.75) is 58.2 Å². The number of benzene rings is 1. The number of nitrogens with two attached hydrogens (primary N) is 1. The Morgan fingerprint density at radius 2 is 2.00 bits per heavy atom. The summed E-state index contributed by atoms with van der Waals surface area (Å²) in [6, 6.07) is 7.91. The van der Waals surface area contributed by atoms with Crippen LogP contribution in [0, 0.1) is 0 Å². The number of nitrogens with one attached hydrogen (secondary N) is 1. The Morgan fingerprint density at radius 1 is 1.30 bits per heavy atom. The highest BCUT2D eigenvalue weighted by molar-refractivity contribution is 5.75. The van der Waals surface area contributed by atoms with E-state index >= 15 is 0 Å². The quantitative estimate of drug-likeness (QED) is 0.637. The molecule has 112 valence electrons. The van der Waals surface area contributed by atoms with Crippen LogP contribution in [0.15, 0.2) is 24.3 Å². The monoisotopic (exact) mass is 278 g/mol. The number of aliphatic hydroxyl groups is 1. The van der Waals surface area contributed by atoms with Crippen molar-refractivity contribution in [3.63, 3.8) is 0 Å². The molecule has 4 heteroatoms. The molecule has 20 heavy (non-hydrogen) atoms. The molecule has 1 amide bonds. The van der Waals surface area contributed by atoms with Crippen molar-refractivity contribution >= 4 is 5.91 Å². The Bertz CT molecular complexity index is 425. The molecule has 0 saturated carbocycles. The van der Waals surface area contributed by atoms with Crippen molar-refractivity contribution in [1.82, 2.24) is 5.32 Å². The summed E-state index contributed by atoms with van der Waals surface area (Å²) in [6.45, 7) is 4.63. The van der Waals surface area contributed by atoms with Crippen LogP contribution in [0.3, 0.4) is 0 Å². The summed E-state index contributed by atoms with van der Waals surface area (Å²) in [5.41, 5.74) is 7.08. The van der Waals surface area contributed by atoms with Crippen LogP contribution in [-0.4, -0.2) is 16.6 Å². The number of amides is 1. The molecule has 0 fully saturated rings. The van der Waals surface area contributed by atoms with E-state index in [0.717, 1.165) is 30.4 Å². The SMILES string of the molecule is CC(C)(O)CCCCC(=O)NCc1cccc(CN)c1. The van der Waals surface area contributed by atoms with E-state index < -0.39 is 5.60 Å². The highest BCUT2D eigenvalue weighted by atomic mass is 16.3. The van der Waals surface area contributed by atoms with Crippen LogP contribution in [0.4, 0.5) is 0 Å². The van der Waals surface area contributed by atoms with E-state index in [4.69, 9.17) is 5.73 Å². The van der Waals surface area contributed by atoms with Gasteiger partial charge in [0.15, 0.2) is 0 Å². The zero-order valence-electron chi connectivity index (χ0n) is 12.5. The fourth-order valence-corrected chi connectivity index (χ4v) is 2.00. The van der Waals surface area contributed by atoms with Gasteiger partial charge < -0.3 is 16.2 Å². The van der Waals surface area contributed by atoms with E-state index in [1.807, 2.05) is 24.3 Å². The van der Waals surface area contributed by atoms with Crippen molar-refractivity contribution in [3.05, 3.63) is 35.4 Å². The van der Waals surface area contributed by atoms with Gasteiger partial charge in [0, 0.05) is 19.5 Å². The first-order valence-corrected chi connectivity index (χ1v) is 7.18. The van der Waals surface area contributed by atoms with Gasteiger partial charge in [0.05, 0.1) is 5.60 Å². The molecule has 0 aromatic heterocycles. The number of rotatable bonds is 8. The number of hydrogen-bond acceptors (Lipinski definition) is 3. The van der Waals surface area contributed by atoms with Gasteiger partial charge in [-0.15, -0.1) is 0 Å². The summed E-state index contributed by atoms with van der Waals surface area (Å²) in [5, 5.41) is 12.5. The molecule has 0 saturated heterocycles. The predicted molar refractivity (Wildman–Crippen MR) is 80.9 cm³/mol. The van der Waals surface area contributed by atoms with E-state index in [1.165, 1.54) is 0 Å². The van der Waals surface area contributed by atoms with E-state index in [2.05, 4.69) is 5.32 Å². The Balaban J connectivity index is 2.22. The summed E-state index contributed by atoms with van der Waals surface area (Å²) in [5.74, 6) is 0.0545. The molecule has 0 radical (unpaired) electrons. The van der Waals surface area contributed by atoms with Crippen LogP contribution < -0.4 is 11.1 Å². The second-order valence-corrected chi connectivity index (χ2v) is 5.82. The first-order valence-electron chi connectivity index (χ1n) is 7.18. The van der Waals surface area contributed by atoms with Crippen molar-refractivity contribution < 1.29 is 9.90 Å². The topological polar surface area (TPSA) is 75.3 Å². The fourth-order valence-electron chi connectivity index (χ4n) is 2.00. The molecule has 4 N–H and O–H groups in total. The number of unbranched alkanes of at least 4 members (excludes halogenated alkanes) is 1. The van der Waals surface area contributed by atoms with Crippen LogP contribution in [0.2, 0.25) is 0 Å². The highest BCUT2D eigenvalue weighted by Crippen LogP contribution is 2.13. The lowest BCUT2D eigenvalue weighted by Gasteiger charge is -2.16. The first-order chi connectivity index (χ1) is 9.40. The van der Waals surface area contributed by atoms with Crippen LogP contribution in [-0.2, 0) is 17.9 Å². The van der Waals surface area contributed by atoms with Crippen LogP contribution in [0.1, 0.15) is 50.7 Å². The van der Waals surface area contributed by atoms with Crippen molar-refractivity contribution in [3.8, 4) is 0 Å². The lowest BCUT2D eigenvalue weighted by atomic mass is 10.0. The Hall–Kier alpha value is -1.39. The minimum atomic E-state index is -0.640. The largest absolute Gasteiger partial charge is 0.390 e. The van der Waals surface area contributed by atoms with Crippen LogP contribution in [0.5, 0.6) is 0 Å². The van der Waals surface area contributed by atoms with Gasteiger partial charge in [-0.3, -0.25) is 4.79 Å². The summed E-state index contributed by atoms with van der Waals surface area (Å²) < 4.78 is 0. The number of hydrogen-bond donors (Lipinski definition) is 3. The Morgan fingerprint density at radius 3 is 2.65 bits per heavy atom. The van der Waals surface area contributed by atoms with Gasteiger partial charge >= 0.3 is 0 Å². The Labute approximate surface area is 121 Å². The van der Waals surface area contributed by atoms with Crippen molar-refractivity contribution in [2.75, 3.05) is 0 Å².